The number of nitrogens with one attached hydrogen (secondary N) is 1. The van der Waals surface area contributed by atoms with E-state index in [0.717, 1.165) is 42.3 Å². The smallest absolute Gasteiger partial charge is 0.384 e. The number of fused-ring (bicyclic) bond motifs is 1. The molecule has 1 aliphatic heterocycles. The van der Waals surface area contributed by atoms with Crippen LogP contribution in [-0.2, 0) is 12.6 Å². The Kier molecular flexibility index (Phi) is 3.40. The van der Waals surface area contributed by atoms with E-state index in [1.165, 1.54) is 11.6 Å². The monoisotopic (exact) mass is 291 g/mol. The Hall–Kier alpha value is -1.97. The van der Waals surface area contributed by atoms with Crippen LogP contribution in [0.4, 0.5) is 18.9 Å². The zero-order valence-electron chi connectivity index (χ0n) is 11.7. The molecule has 0 atom stereocenters. The first-order valence-corrected chi connectivity index (χ1v) is 7.01. The van der Waals surface area contributed by atoms with Crippen LogP contribution in [-0.4, -0.2) is 6.54 Å². The molecule has 0 saturated heterocycles. The van der Waals surface area contributed by atoms with Gasteiger partial charge in [0.1, 0.15) is 0 Å². The Morgan fingerprint density at radius 2 is 1.86 bits per heavy atom. The third-order valence-corrected chi connectivity index (χ3v) is 3.92. The second-order valence-electron chi connectivity index (χ2n) is 5.40. The van der Waals surface area contributed by atoms with Crippen molar-refractivity contribution < 1.29 is 13.2 Å². The topological polar surface area (TPSA) is 12.0 Å². The van der Waals surface area contributed by atoms with Gasteiger partial charge in [-0.3, -0.25) is 0 Å². The maximum absolute atomic E-state index is 12.8. The third kappa shape index (κ3) is 2.62. The van der Waals surface area contributed by atoms with Crippen LogP contribution in [0.3, 0.4) is 0 Å². The molecule has 0 radical (unpaired) electrons. The molecular weight excluding hydrogens is 275 g/mol. The maximum Gasteiger partial charge on any atom is 0.416 e. The summed E-state index contributed by atoms with van der Waals surface area (Å²) >= 11 is 0. The normalized spacial score (nSPS) is 14.5. The van der Waals surface area contributed by atoms with Gasteiger partial charge in [-0.2, -0.15) is 13.2 Å². The van der Waals surface area contributed by atoms with Crippen molar-refractivity contribution in [3.8, 4) is 11.1 Å². The van der Waals surface area contributed by atoms with Gasteiger partial charge >= 0.3 is 6.18 Å². The molecular formula is C17H16F3N. The summed E-state index contributed by atoms with van der Waals surface area (Å²) in [4.78, 5) is 0. The summed E-state index contributed by atoms with van der Waals surface area (Å²) in [6.45, 7) is 2.64. The third-order valence-electron chi connectivity index (χ3n) is 3.92. The molecule has 1 N–H and O–H groups in total. The number of hydrogen-bond acceptors (Lipinski definition) is 1. The zero-order valence-corrected chi connectivity index (χ0v) is 11.7. The molecule has 0 fully saturated rings. The lowest BCUT2D eigenvalue weighted by atomic mass is 9.92. The van der Waals surface area contributed by atoms with Crippen LogP contribution < -0.4 is 5.32 Å². The first kappa shape index (κ1) is 14.0. The molecule has 0 unspecified atom stereocenters. The molecule has 0 aromatic heterocycles. The van der Waals surface area contributed by atoms with E-state index in [4.69, 9.17) is 0 Å². The number of alkyl halides is 3. The van der Waals surface area contributed by atoms with Gasteiger partial charge in [-0.05, 0) is 48.6 Å². The van der Waals surface area contributed by atoms with Gasteiger partial charge < -0.3 is 5.32 Å². The van der Waals surface area contributed by atoms with E-state index in [1.54, 1.807) is 13.0 Å². The lowest BCUT2D eigenvalue weighted by Crippen LogP contribution is -2.12. The van der Waals surface area contributed by atoms with Crippen LogP contribution in [0.1, 0.15) is 23.1 Å². The van der Waals surface area contributed by atoms with Gasteiger partial charge in [0, 0.05) is 17.8 Å². The minimum atomic E-state index is -4.29. The Morgan fingerprint density at radius 1 is 1.05 bits per heavy atom. The molecule has 0 saturated carbocycles. The minimum absolute atomic E-state index is 0.596. The van der Waals surface area contributed by atoms with Gasteiger partial charge in [0.25, 0.3) is 0 Å². The van der Waals surface area contributed by atoms with Crippen molar-refractivity contribution in [2.75, 3.05) is 11.9 Å². The molecule has 4 heteroatoms. The van der Waals surface area contributed by atoms with E-state index in [9.17, 15) is 13.2 Å². The predicted octanol–water partition coefficient (Wildman–Crippen LogP) is 5.04. The van der Waals surface area contributed by atoms with Crippen LogP contribution in [0.5, 0.6) is 0 Å². The largest absolute Gasteiger partial charge is 0.416 e. The quantitative estimate of drug-likeness (QED) is 0.776. The number of para-hydroxylation sites is 1. The fourth-order valence-corrected chi connectivity index (χ4v) is 2.88. The van der Waals surface area contributed by atoms with Gasteiger partial charge in [-0.25, -0.2) is 0 Å². The van der Waals surface area contributed by atoms with Crippen molar-refractivity contribution in [1.82, 2.24) is 0 Å². The van der Waals surface area contributed by atoms with Crippen LogP contribution in [0.25, 0.3) is 11.1 Å². The number of halogens is 3. The van der Waals surface area contributed by atoms with Crippen LogP contribution in [0, 0.1) is 6.92 Å². The molecule has 2 aromatic carbocycles. The van der Waals surface area contributed by atoms with Gasteiger partial charge in [-0.15, -0.1) is 0 Å². The van der Waals surface area contributed by atoms with E-state index in [-0.39, 0.29) is 0 Å². The standard InChI is InChI=1S/C17H16F3N/c1-11-10-13(17(18,19)20)7-8-14(11)15-6-2-4-12-5-3-9-21-16(12)15/h2,4,6-8,10,21H,3,5,9H2,1H3. The molecule has 1 heterocycles. The number of aryl methyl sites for hydroxylation is 2. The molecule has 3 rings (SSSR count). The number of anilines is 1. The number of rotatable bonds is 1. The van der Waals surface area contributed by atoms with E-state index < -0.39 is 11.7 Å². The molecule has 0 aliphatic carbocycles. The average molecular weight is 291 g/mol. The molecule has 1 aliphatic rings. The molecule has 110 valence electrons. The summed E-state index contributed by atoms with van der Waals surface area (Å²) < 4.78 is 38.3. The van der Waals surface area contributed by atoms with Gasteiger partial charge in [0.2, 0.25) is 0 Å². The fraction of sp³-hybridized carbons (Fsp3) is 0.294. The Labute approximate surface area is 121 Å². The second kappa shape index (κ2) is 5.10. The van der Waals surface area contributed by atoms with Gasteiger partial charge in [-0.1, -0.05) is 24.3 Å². The number of benzene rings is 2. The van der Waals surface area contributed by atoms with Crippen molar-refractivity contribution in [3.63, 3.8) is 0 Å². The predicted molar refractivity (Wildman–Crippen MR) is 78.4 cm³/mol. The first-order valence-electron chi connectivity index (χ1n) is 7.01. The summed E-state index contributed by atoms with van der Waals surface area (Å²) in [6.07, 6.45) is -2.20. The molecule has 21 heavy (non-hydrogen) atoms. The summed E-state index contributed by atoms with van der Waals surface area (Å²) in [5.41, 5.74) is 4.18. The highest BCUT2D eigenvalue weighted by Gasteiger charge is 2.30. The van der Waals surface area contributed by atoms with Gasteiger partial charge in [0.15, 0.2) is 0 Å². The average Bonchev–Trinajstić information content (AvgIpc) is 2.46. The van der Waals surface area contributed by atoms with Crippen molar-refractivity contribution in [2.24, 2.45) is 0 Å². The molecule has 2 aromatic rings. The summed E-state index contributed by atoms with van der Waals surface area (Å²) in [5.74, 6) is 0. The summed E-state index contributed by atoms with van der Waals surface area (Å²) in [5, 5.41) is 3.38. The van der Waals surface area contributed by atoms with Crippen LogP contribution >= 0.6 is 0 Å². The van der Waals surface area contributed by atoms with Crippen LogP contribution in [0.2, 0.25) is 0 Å². The summed E-state index contributed by atoms with van der Waals surface area (Å²) in [7, 11) is 0. The zero-order chi connectivity index (χ0) is 15.0. The lowest BCUT2D eigenvalue weighted by Gasteiger charge is -2.22. The molecule has 0 bridgehead atoms. The maximum atomic E-state index is 12.8. The highest BCUT2D eigenvalue weighted by molar-refractivity contribution is 5.82. The van der Waals surface area contributed by atoms with Crippen molar-refractivity contribution in [2.45, 2.75) is 25.9 Å². The van der Waals surface area contributed by atoms with Gasteiger partial charge in [0.05, 0.1) is 5.56 Å². The highest BCUT2D eigenvalue weighted by atomic mass is 19.4. The lowest BCUT2D eigenvalue weighted by molar-refractivity contribution is -0.137. The van der Waals surface area contributed by atoms with E-state index >= 15 is 0 Å². The van der Waals surface area contributed by atoms with E-state index in [0.29, 0.717) is 5.56 Å². The molecule has 1 nitrogen and oxygen atoms in total. The Bertz CT molecular complexity index is 674. The summed E-state index contributed by atoms with van der Waals surface area (Å²) in [6, 6.07) is 9.96. The van der Waals surface area contributed by atoms with E-state index in [2.05, 4.69) is 11.4 Å². The van der Waals surface area contributed by atoms with Crippen LogP contribution in [0.15, 0.2) is 36.4 Å². The Morgan fingerprint density at radius 3 is 2.57 bits per heavy atom. The molecule has 0 spiro atoms. The van der Waals surface area contributed by atoms with Crippen molar-refractivity contribution >= 4 is 5.69 Å². The second-order valence-corrected chi connectivity index (χ2v) is 5.40. The Balaban J connectivity index is 2.10. The molecule has 0 amide bonds. The SMILES string of the molecule is Cc1cc(C(F)(F)F)ccc1-c1cccc2c1NCCC2. The first-order chi connectivity index (χ1) is 9.97. The number of hydrogen-bond donors (Lipinski definition) is 1. The van der Waals surface area contributed by atoms with Crippen molar-refractivity contribution in [1.29, 1.82) is 0 Å². The fourth-order valence-electron chi connectivity index (χ4n) is 2.88. The van der Waals surface area contributed by atoms with Crippen molar-refractivity contribution in [3.05, 3.63) is 53.1 Å². The highest BCUT2D eigenvalue weighted by Crippen LogP contribution is 2.38. The van der Waals surface area contributed by atoms with E-state index in [1.807, 2.05) is 12.1 Å². The minimum Gasteiger partial charge on any atom is -0.384 e.